The lowest BCUT2D eigenvalue weighted by atomic mass is 9.98. The van der Waals surface area contributed by atoms with Gasteiger partial charge in [-0.3, -0.25) is 0 Å². The molecule has 1 aromatic rings. The van der Waals surface area contributed by atoms with E-state index in [2.05, 4.69) is 10.6 Å². The molecule has 1 fully saturated rings. The van der Waals surface area contributed by atoms with Gasteiger partial charge in [0.25, 0.3) is 0 Å². The summed E-state index contributed by atoms with van der Waals surface area (Å²) in [7, 11) is 0. The van der Waals surface area contributed by atoms with E-state index in [0.29, 0.717) is 21.0 Å². The molecule has 0 spiro atoms. The molecule has 17 heavy (non-hydrogen) atoms. The van der Waals surface area contributed by atoms with Crippen molar-refractivity contribution in [3.8, 4) is 0 Å². The van der Waals surface area contributed by atoms with Crippen LogP contribution in [0.3, 0.4) is 0 Å². The van der Waals surface area contributed by atoms with Crippen LogP contribution in [0.4, 0.5) is 5.69 Å². The van der Waals surface area contributed by atoms with Crippen molar-refractivity contribution in [3.05, 3.63) is 27.2 Å². The smallest absolute Gasteiger partial charge is 0.0653 e. The van der Waals surface area contributed by atoms with E-state index >= 15 is 0 Å². The first-order chi connectivity index (χ1) is 8.16. The van der Waals surface area contributed by atoms with Gasteiger partial charge in [0, 0.05) is 6.54 Å². The molecule has 1 saturated heterocycles. The SMILES string of the molecule is Clc1cc(Cl)c(NCC2CCNCC2)cc1Cl. The Morgan fingerprint density at radius 2 is 1.71 bits per heavy atom. The second kappa shape index (κ2) is 6.14. The molecule has 0 aliphatic carbocycles. The van der Waals surface area contributed by atoms with Gasteiger partial charge in [0.1, 0.15) is 0 Å². The topological polar surface area (TPSA) is 24.1 Å². The van der Waals surface area contributed by atoms with E-state index < -0.39 is 0 Å². The lowest BCUT2D eigenvalue weighted by molar-refractivity contribution is 0.390. The maximum Gasteiger partial charge on any atom is 0.0653 e. The Morgan fingerprint density at radius 3 is 2.41 bits per heavy atom. The molecule has 2 rings (SSSR count). The van der Waals surface area contributed by atoms with Crippen LogP contribution in [-0.4, -0.2) is 19.6 Å². The molecule has 0 amide bonds. The quantitative estimate of drug-likeness (QED) is 0.821. The fraction of sp³-hybridized carbons (Fsp3) is 0.500. The van der Waals surface area contributed by atoms with Crippen LogP contribution in [0, 0.1) is 5.92 Å². The zero-order valence-electron chi connectivity index (χ0n) is 9.40. The summed E-state index contributed by atoms with van der Waals surface area (Å²) in [4.78, 5) is 0. The van der Waals surface area contributed by atoms with Crippen LogP contribution in [0.15, 0.2) is 12.1 Å². The summed E-state index contributed by atoms with van der Waals surface area (Å²) in [6.45, 7) is 3.13. The second-order valence-corrected chi connectivity index (χ2v) is 5.54. The molecule has 5 heteroatoms. The van der Waals surface area contributed by atoms with Crippen molar-refractivity contribution in [2.75, 3.05) is 25.0 Å². The molecule has 0 saturated carbocycles. The van der Waals surface area contributed by atoms with E-state index in [1.165, 1.54) is 12.8 Å². The van der Waals surface area contributed by atoms with E-state index in [1.54, 1.807) is 12.1 Å². The summed E-state index contributed by atoms with van der Waals surface area (Å²) < 4.78 is 0. The van der Waals surface area contributed by atoms with Crippen molar-refractivity contribution in [2.24, 2.45) is 5.92 Å². The number of anilines is 1. The Bertz CT molecular complexity index is 390. The van der Waals surface area contributed by atoms with E-state index in [0.717, 1.165) is 25.3 Å². The van der Waals surface area contributed by atoms with Crippen LogP contribution in [0.25, 0.3) is 0 Å². The molecule has 1 aliphatic rings. The predicted molar refractivity (Wildman–Crippen MR) is 75.6 cm³/mol. The molecule has 0 unspecified atom stereocenters. The fourth-order valence-electron chi connectivity index (χ4n) is 2.00. The number of benzene rings is 1. The van der Waals surface area contributed by atoms with Gasteiger partial charge in [-0.05, 0) is 44.0 Å². The van der Waals surface area contributed by atoms with Gasteiger partial charge in [0.2, 0.25) is 0 Å². The minimum Gasteiger partial charge on any atom is -0.384 e. The van der Waals surface area contributed by atoms with E-state index in [-0.39, 0.29) is 0 Å². The third-order valence-corrected chi connectivity index (χ3v) is 4.08. The number of halogens is 3. The zero-order valence-corrected chi connectivity index (χ0v) is 11.7. The molecule has 94 valence electrons. The van der Waals surface area contributed by atoms with Gasteiger partial charge in [-0.25, -0.2) is 0 Å². The first-order valence-corrected chi connectivity index (χ1v) is 6.89. The lowest BCUT2D eigenvalue weighted by Crippen LogP contribution is -2.31. The second-order valence-electron chi connectivity index (χ2n) is 4.32. The number of nitrogens with one attached hydrogen (secondary N) is 2. The highest BCUT2D eigenvalue weighted by molar-refractivity contribution is 6.44. The summed E-state index contributed by atoms with van der Waals surface area (Å²) in [6.07, 6.45) is 2.40. The van der Waals surface area contributed by atoms with Crippen LogP contribution in [0.5, 0.6) is 0 Å². The van der Waals surface area contributed by atoms with Crippen LogP contribution in [-0.2, 0) is 0 Å². The molecule has 0 atom stereocenters. The van der Waals surface area contributed by atoms with Crippen LogP contribution in [0.2, 0.25) is 15.1 Å². The summed E-state index contributed by atoms with van der Waals surface area (Å²) in [6, 6.07) is 3.46. The largest absolute Gasteiger partial charge is 0.384 e. The van der Waals surface area contributed by atoms with Gasteiger partial charge < -0.3 is 10.6 Å². The number of piperidine rings is 1. The van der Waals surface area contributed by atoms with Crippen LogP contribution >= 0.6 is 34.8 Å². The standard InChI is InChI=1S/C12H15Cl3N2/c13-9-5-11(15)12(6-10(9)14)17-7-8-1-3-16-4-2-8/h5-6,8,16-17H,1-4,7H2. The highest BCUT2D eigenvalue weighted by atomic mass is 35.5. The van der Waals surface area contributed by atoms with Crippen molar-refractivity contribution < 1.29 is 0 Å². The lowest BCUT2D eigenvalue weighted by Gasteiger charge is -2.23. The van der Waals surface area contributed by atoms with E-state index in [1.807, 2.05) is 0 Å². The summed E-state index contributed by atoms with van der Waals surface area (Å²) in [5.41, 5.74) is 0.861. The molecule has 0 radical (unpaired) electrons. The highest BCUT2D eigenvalue weighted by Gasteiger charge is 2.13. The van der Waals surface area contributed by atoms with Crippen LogP contribution < -0.4 is 10.6 Å². The Balaban J connectivity index is 1.96. The van der Waals surface area contributed by atoms with Crippen molar-refractivity contribution in [1.29, 1.82) is 0 Å². The van der Waals surface area contributed by atoms with Crippen molar-refractivity contribution in [1.82, 2.24) is 5.32 Å². The first-order valence-electron chi connectivity index (χ1n) is 5.76. The zero-order chi connectivity index (χ0) is 12.3. The average Bonchev–Trinajstić information content (AvgIpc) is 2.33. The molecular weight excluding hydrogens is 279 g/mol. The van der Waals surface area contributed by atoms with Gasteiger partial charge in [-0.1, -0.05) is 34.8 Å². The van der Waals surface area contributed by atoms with Crippen molar-refractivity contribution >= 4 is 40.5 Å². The van der Waals surface area contributed by atoms with Gasteiger partial charge in [0.15, 0.2) is 0 Å². The summed E-state index contributed by atoms with van der Waals surface area (Å²) in [5, 5.41) is 8.34. The minimum atomic E-state index is 0.490. The summed E-state index contributed by atoms with van der Waals surface area (Å²) >= 11 is 18.0. The fourth-order valence-corrected chi connectivity index (χ4v) is 2.61. The molecule has 1 heterocycles. The summed E-state index contributed by atoms with van der Waals surface area (Å²) in [5.74, 6) is 0.696. The number of hydrogen-bond donors (Lipinski definition) is 2. The maximum absolute atomic E-state index is 6.10. The Morgan fingerprint density at radius 1 is 1.06 bits per heavy atom. The minimum absolute atomic E-state index is 0.490. The van der Waals surface area contributed by atoms with E-state index in [9.17, 15) is 0 Å². The number of hydrogen-bond acceptors (Lipinski definition) is 2. The molecule has 1 aromatic carbocycles. The Kier molecular flexibility index (Phi) is 4.80. The third-order valence-electron chi connectivity index (χ3n) is 3.05. The van der Waals surface area contributed by atoms with Gasteiger partial charge >= 0.3 is 0 Å². The van der Waals surface area contributed by atoms with E-state index in [4.69, 9.17) is 34.8 Å². The molecule has 0 bridgehead atoms. The van der Waals surface area contributed by atoms with Crippen molar-refractivity contribution in [3.63, 3.8) is 0 Å². The normalized spacial score (nSPS) is 17.1. The molecular formula is C12H15Cl3N2. The average molecular weight is 294 g/mol. The van der Waals surface area contributed by atoms with Gasteiger partial charge in [0.05, 0.1) is 20.8 Å². The first kappa shape index (κ1) is 13.3. The predicted octanol–water partition coefficient (Wildman–Crippen LogP) is 4.06. The molecule has 0 aromatic heterocycles. The maximum atomic E-state index is 6.10. The highest BCUT2D eigenvalue weighted by Crippen LogP contribution is 2.32. The monoisotopic (exact) mass is 292 g/mol. The van der Waals surface area contributed by atoms with Crippen LogP contribution in [0.1, 0.15) is 12.8 Å². The van der Waals surface area contributed by atoms with Crippen molar-refractivity contribution in [2.45, 2.75) is 12.8 Å². The third kappa shape index (κ3) is 3.65. The molecule has 1 aliphatic heterocycles. The Labute approximate surface area is 117 Å². The van der Waals surface area contributed by atoms with Gasteiger partial charge in [-0.2, -0.15) is 0 Å². The molecule has 2 N–H and O–H groups in total. The molecule has 2 nitrogen and oxygen atoms in total. The van der Waals surface area contributed by atoms with Gasteiger partial charge in [-0.15, -0.1) is 0 Å². The number of rotatable bonds is 3. The Hall–Kier alpha value is -0.150.